The lowest BCUT2D eigenvalue weighted by Crippen LogP contribution is -2.21. The van der Waals surface area contributed by atoms with Gasteiger partial charge in [-0.25, -0.2) is 0 Å². The van der Waals surface area contributed by atoms with Gasteiger partial charge in [0.2, 0.25) is 0 Å². The number of nitrogens with zero attached hydrogens (tertiary/aromatic N) is 4. The van der Waals surface area contributed by atoms with Crippen LogP contribution in [0, 0.1) is 16.0 Å². The van der Waals surface area contributed by atoms with Gasteiger partial charge in [-0.3, -0.25) is 10.1 Å². The lowest BCUT2D eigenvalue weighted by molar-refractivity contribution is -0.384. The van der Waals surface area contributed by atoms with Crippen molar-refractivity contribution in [3.8, 4) is 0 Å². The Morgan fingerprint density at radius 1 is 1.32 bits per heavy atom. The van der Waals surface area contributed by atoms with Crippen LogP contribution in [-0.2, 0) is 13.0 Å². The van der Waals surface area contributed by atoms with E-state index in [0.29, 0.717) is 5.69 Å². The number of aromatic nitrogens is 3. The molecular formula is C15H19N5O2. The minimum absolute atomic E-state index is 0.0781. The van der Waals surface area contributed by atoms with Crippen molar-refractivity contribution in [2.24, 2.45) is 5.92 Å². The van der Waals surface area contributed by atoms with Gasteiger partial charge in [0.25, 0.3) is 5.69 Å². The summed E-state index contributed by atoms with van der Waals surface area (Å²) in [6.45, 7) is 5.06. The van der Waals surface area contributed by atoms with Gasteiger partial charge >= 0.3 is 0 Å². The van der Waals surface area contributed by atoms with E-state index in [2.05, 4.69) is 33.9 Å². The Balaban J connectivity index is 1.95. The maximum atomic E-state index is 11.2. The molecule has 0 saturated carbocycles. The molecule has 2 aromatic rings. The molecule has 1 aliphatic heterocycles. The maximum Gasteiger partial charge on any atom is 0.292 e. The normalized spacial score (nSPS) is 14.9. The first-order valence-electron chi connectivity index (χ1n) is 7.50. The summed E-state index contributed by atoms with van der Waals surface area (Å²) in [5, 5.41) is 23.0. The predicted molar refractivity (Wildman–Crippen MR) is 82.6 cm³/mol. The Labute approximate surface area is 128 Å². The van der Waals surface area contributed by atoms with Gasteiger partial charge in [-0.15, -0.1) is 10.2 Å². The summed E-state index contributed by atoms with van der Waals surface area (Å²) in [5.74, 6) is 2.10. The molecule has 0 unspecified atom stereocenters. The third-order valence-electron chi connectivity index (χ3n) is 3.99. The summed E-state index contributed by atoms with van der Waals surface area (Å²) < 4.78 is 2.13. The summed E-state index contributed by atoms with van der Waals surface area (Å²) in [7, 11) is 0. The van der Waals surface area contributed by atoms with Crippen LogP contribution in [0.1, 0.15) is 38.0 Å². The molecule has 22 heavy (non-hydrogen) atoms. The minimum Gasteiger partial charge on any atom is -0.369 e. The van der Waals surface area contributed by atoms with Gasteiger partial charge < -0.3 is 9.88 Å². The number of nitro groups is 1. The third-order valence-corrected chi connectivity index (χ3v) is 3.99. The van der Waals surface area contributed by atoms with Crippen LogP contribution >= 0.6 is 0 Å². The number of hydrogen-bond acceptors (Lipinski definition) is 5. The lowest BCUT2D eigenvalue weighted by Gasteiger charge is -2.23. The first-order chi connectivity index (χ1) is 10.6. The van der Waals surface area contributed by atoms with Gasteiger partial charge in [0.1, 0.15) is 11.5 Å². The van der Waals surface area contributed by atoms with Crippen LogP contribution in [0.15, 0.2) is 24.3 Å². The minimum atomic E-state index is -0.367. The zero-order valence-corrected chi connectivity index (χ0v) is 12.7. The Hall–Kier alpha value is -2.44. The molecule has 0 aliphatic carbocycles. The fourth-order valence-corrected chi connectivity index (χ4v) is 2.85. The number of fused-ring (bicyclic) bond motifs is 1. The second-order valence-corrected chi connectivity index (χ2v) is 5.87. The monoisotopic (exact) mass is 301 g/mol. The average Bonchev–Trinajstić information content (AvgIpc) is 3.08. The zero-order valence-electron chi connectivity index (χ0n) is 12.7. The number of anilines is 1. The second-order valence-electron chi connectivity index (χ2n) is 5.87. The van der Waals surface area contributed by atoms with Crippen molar-refractivity contribution >= 4 is 11.4 Å². The molecule has 0 saturated heterocycles. The van der Waals surface area contributed by atoms with Gasteiger partial charge in [0, 0.05) is 19.0 Å². The summed E-state index contributed by atoms with van der Waals surface area (Å²) in [5.41, 5.74) is 0.593. The number of benzene rings is 1. The van der Waals surface area contributed by atoms with Crippen molar-refractivity contribution in [1.82, 2.24) is 14.8 Å². The lowest BCUT2D eigenvalue weighted by atomic mass is 10.0. The number of nitrogens with one attached hydrogen (secondary N) is 1. The summed E-state index contributed by atoms with van der Waals surface area (Å²) >= 11 is 0. The molecule has 1 atom stereocenters. The van der Waals surface area contributed by atoms with E-state index in [0.717, 1.165) is 31.0 Å². The van der Waals surface area contributed by atoms with E-state index < -0.39 is 0 Å². The zero-order chi connectivity index (χ0) is 15.7. The van der Waals surface area contributed by atoms with Crippen molar-refractivity contribution in [2.45, 2.75) is 39.3 Å². The second kappa shape index (κ2) is 5.75. The van der Waals surface area contributed by atoms with Crippen LogP contribution in [0.4, 0.5) is 11.4 Å². The van der Waals surface area contributed by atoms with Crippen molar-refractivity contribution in [1.29, 1.82) is 0 Å². The molecule has 0 spiro atoms. The van der Waals surface area contributed by atoms with Crippen LogP contribution in [0.3, 0.4) is 0 Å². The van der Waals surface area contributed by atoms with Gasteiger partial charge in [-0.2, -0.15) is 0 Å². The third kappa shape index (κ3) is 2.54. The number of rotatable bonds is 5. The molecule has 1 aliphatic rings. The molecule has 0 bridgehead atoms. The number of aryl methyl sites for hydroxylation is 1. The fraction of sp³-hybridized carbons (Fsp3) is 0.467. The van der Waals surface area contributed by atoms with Crippen molar-refractivity contribution < 1.29 is 4.92 Å². The number of para-hydroxylation sites is 2. The highest BCUT2D eigenvalue weighted by Crippen LogP contribution is 2.32. The van der Waals surface area contributed by atoms with Gasteiger partial charge in [-0.1, -0.05) is 26.0 Å². The van der Waals surface area contributed by atoms with Gasteiger partial charge in [-0.05, 0) is 18.4 Å². The number of hydrogen-bond donors (Lipinski definition) is 1. The van der Waals surface area contributed by atoms with Crippen LogP contribution in [0.2, 0.25) is 0 Å². The molecule has 1 aromatic heterocycles. The standard InChI is InChI=1S/C15H19N5O2/c1-10(2)14(15-18-17-13-8-5-9-19(13)15)16-11-6-3-4-7-12(11)20(21)22/h3-4,6-7,10,14,16H,5,8-9H2,1-2H3/t14-/m1/s1. The summed E-state index contributed by atoms with van der Waals surface area (Å²) in [6.07, 6.45) is 2.03. The molecule has 0 amide bonds. The maximum absolute atomic E-state index is 11.2. The van der Waals surface area contributed by atoms with Crippen LogP contribution in [0.5, 0.6) is 0 Å². The van der Waals surface area contributed by atoms with E-state index in [4.69, 9.17) is 0 Å². The summed E-state index contributed by atoms with van der Waals surface area (Å²) in [6, 6.07) is 6.59. The van der Waals surface area contributed by atoms with Crippen molar-refractivity contribution in [3.63, 3.8) is 0 Å². The molecule has 7 nitrogen and oxygen atoms in total. The molecule has 0 fully saturated rings. The topological polar surface area (TPSA) is 85.9 Å². The quantitative estimate of drug-likeness (QED) is 0.678. The highest BCUT2D eigenvalue weighted by Gasteiger charge is 2.27. The highest BCUT2D eigenvalue weighted by molar-refractivity contribution is 5.61. The molecule has 0 radical (unpaired) electrons. The van der Waals surface area contributed by atoms with Gasteiger partial charge in [0.05, 0.1) is 11.0 Å². The first-order valence-corrected chi connectivity index (χ1v) is 7.50. The number of nitro benzene ring substituents is 1. The van der Waals surface area contributed by atoms with E-state index in [1.54, 1.807) is 18.2 Å². The Morgan fingerprint density at radius 3 is 2.82 bits per heavy atom. The average molecular weight is 301 g/mol. The largest absolute Gasteiger partial charge is 0.369 e. The Bertz CT molecular complexity index is 695. The molecule has 116 valence electrons. The van der Waals surface area contributed by atoms with E-state index in [9.17, 15) is 10.1 Å². The van der Waals surface area contributed by atoms with Crippen molar-refractivity contribution in [3.05, 3.63) is 46.0 Å². The van der Waals surface area contributed by atoms with Crippen LogP contribution < -0.4 is 5.32 Å². The SMILES string of the molecule is CC(C)[C@@H](Nc1ccccc1[N+](=O)[O-])c1nnc2n1CCC2. The molecule has 7 heteroatoms. The molecule has 3 rings (SSSR count). The molecular weight excluding hydrogens is 282 g/mol. The Kier molecular flexibility index (Phi) is 3.79. The first kappa shape index (κ1) is 14.5. The van der Waals surface area contributed by atoms with Gasteiger partial charge in [0.15, 0.2) is 5.82 Å². The van der Waals surface area contributed by atoms with E-state index in [-0.39, 0.29) is 22.6 Å². The van der Waals surface area contributed by atoms with E-state index in [1.165, 1.54) is 6.07 Å². The summed E-state index contributed by atoms with van der Waals surface area (Å²) in [4.78, 5) is 10.8. The van der Waals surface area contributed by atoms with E-state index in [1.807, 2.05) is 0 Å². The van der Waals surface area contributed by atoms with Crippen LogP contribution in [-0.4, -0.2) is 19.7 Å². The fourth-order valence-electron chi connectivity index (χ4n) is 2.85. The van der Waals surface area contributed by atoms with Crippen molar-refractivity contribution in [2.75, 3.05) is 5.32 Å². The molecule has 1 aromatic carbocycles. The molecule has 1 N–H and O–H groups in total. The van der Waals surface area contributed by atoms with Crippen LogP contribution in [0.25, 0.3) is 0 Å². The highest BCUT2D eigenvalue weighted by atomic mass is 16.6. The molecule has 2 heterocycles. The van der Waals surface area contributed by atoms with E-state index >= 15 is 0 Å². The predicted octanol–water partition coefficient (Wildman–Crippen LogP) is 2.94. The Morgan fingerprint density at radius 2 is 2.09 bits per heavy atom. The smallest absolute Gasteiger partial charge is 0.292 e.